The van der Waals surface area contributed by atoms with Crippen LogP contribution >= 0.6 is 0 Å². The molecule has 0 radical (unpaired) electrons. The Balaban J connectivity index is 1.90. The number of carbonyl (C=O) groups is 2. The molecule has 2 aromatic rings. The van der Waals surface area contributed by atoms with Crippen molar-refractivity contribution in [1.82, 2.24) is 0 Å². The van der Waals surface area contributed by atoms with Crippen LogP contribution in [0.3, 0.4) is 0 Å². The van der Waals surface area contributed by atoms with Gasteiger partial charge in [0, 0.05) is 11.8 Å². The van der Waals surface area contributed by atoms with Crippen molar-refractivity contribution in [3.8, 4) is 0 Å². The van der Waals surface area contributed by atoms with Crippen LogP contribution in [0.15, 0.2) is 48.5 Å². The molecule has 0 spiro atoms. The molecule has 1 N–H and O–H groups in total. The second-order valence-corrected chi connectivity index (χ2v) is 5.78. The molecule has 0 aliphatic heterocycles. The van der Waals surface area contributed by atoms with Gasteiger partial charge in [0.25, 0.3) is 5.91 Å². The van der Waals surface area contributed by atoms with E-state index < -0.39 is 23.8 Å². The summed E-state index contributed by atoms with van der Waals surface area (Å²) in [6.07, 6.45) is 1.88. The van der Waals surface area contributed by atoms with E-state index in [1.165, 1.54) is 19.1 Å². The van der Waals surface area contributed by atoms with Gasteiger partial charge in [0.15, 0.2) is 6.10 Å². The first-order valence-corrected chi connectivity index (χ1v) is 7.87. The number of rotatable bonds is 5. The molecule has 0 fully saturated rings. The number of nitrogens with one attached hydrogen (secondary N) is 1. The molecule has 0 saturated heterocycles. The van der Waals surface area contributed by atoms with Crippen LogP contribution in [-0.4, -0.2) is 18.0 Å². The lowest BCUT2D eigenvalue weighted by Crippen LogP contribution is -2.29. The third-order valence-corrected chi connectivity index (χ3v) is 3.59. The predicted octanol–water partition coefficient (Wildman–Crippen LogP) is 4.03. The number of anilines is 1. The van der Waals surface area contributed by atoms with Crippen LogP contribution < -0.4 is 5.32 Å². The van der Waals surface area contributed by atoms with Crippen LogP contribution in [0.4, 0.5) is 10.1 Å². The maximum Gasteiger partial charge on any atom is 0.331 e. The maximum atomic E-state index is 13.5. The first kappa shape index (κ1) is 18.4. The van der Waals surface area contributed by atoms with E-state index in [1.807, 2.05) is 31.2 Å². The number of carbonyl (C=O) groups excluding carboxylic acids is 2. The summed E-state index contributed by atoms with van der Waals surface area (Å²) in [4.78, 5) is 23.8. The van der Waals surface area contributed by atoms with Crippen LogP contribution in [0.2, 0.25) is 0 Å². The van der Waals surface area contributed by atoms with Gasteiger partial charge in [-0.1, -0.05) is 35.9 Å². The number of esters is 1. The minimum atomic E-state index is -1.00. The number of amides is 1. The van der Waals surface area contributed by atoms with Crippen molar-refractivity contribution >= 4 is 23.6 Å². The zero-order valence-electron chi connectivity index (χ0n) is 14.4. The van der Waals surface area contributed by atoms with Crippen molar-refractivity contribution in [3.63, 3.8) is 0 Å². The first-order valence-electron chi connectivity index (χ1n) is 7.87. The molecule has 0 heterocycles. The number of hydrogen-bond acceptors (Lipinski definition) is 3. The van der Waals surface area contributed by atoms with E-state index in [1.54, 1.807) is 25.1 Å². The van der Waals surface area contributed by atoms with Crippen molar-refractivity contribution in [2.75, 3.05) is 5.32 Å². The third kappa shape index (κ3) is 5.57. The Bertz CT molecular complexity index is 797. The van der Waals surface area contributed by atoms with Gasteiger partial charge in [0.2, 0.25) is 0 Å². The Labute approximate surface area is 146 Å². The molecular formula is C20H20FNO3. The van der Waals surface area contributed by atoms with E-state index >= 15 is 0 Å². The second kappa shape index (κ2) is 8.24. The highest BCUT2D eigenvalue weighted by molar-refractivity contribution is 5.96. The van der Waals surface area contributed by atoms with Gasteiger partial charge in [0.1, 0.15) is 5.82 Å². The summed E-state index contributed by atoms with van der Waals surface area (Å²) < 4.78 is 18.5. The third-order valence-electron chi connectivity index (χ3n) is 3.59. The topological polar surface area (TPSA) is 55.4 Å². The molecule has 0 bridgehead atoms. The van der Waals surface area contributed by atoms with Gasteiger partial charge >= 0.3 is 5.97 Å². The van der Waals surface area contributed by atoms with Crippen LogP contribution in [0.25, 0.3) is 6.08 Å². The lowest BCUT2D eigenvalue weighted by molar-refractivity contribution is -0.148. The normalized spacial score (nSPS) is 12.0. The predicted molar refractivity (Wildman–Crippen MR) is 95.5 cm³/mol. The van der Waals surface area contributed by atoms with Crippen LogP contribution in [0.5, 0.6) is 0 Å². The standard InChI is InChI=1S/C20H20FNO3/c1-13-4-7-16(8-5-13)9-11-19(23)25-15(3)20(24)22-17-10-6-14(2)18(21)12-17/h4-12,15H,1-3H3,(H,22,24)/b11-9+/t15-/m1/s1. The van der Waals surface area contributed by atoms with Gasteiger partial charge in [-0.25, -0.2) is 9.18 Å². The summed E-state index contributed by atoms with van der Waals surface area (Å²) in [5.41, 5.74) is 2.78. The maximum absolute atomic E-state index is 13.5. The molecule has 1 amide bonds. The first-order chi connectivity index (χ1) is 11.8. The highest BCUT2D eigenvalue weighted by Gasteiger charge is 2.17. The monoisotopic (exact) mass is 341 g/mol. The molecule has 130 valence electrons. The van der Waals surface area contributed by atoms with Gasteiger partial charge in [0.05, 0.1) is 0 Å². The lowest BCUT2D eigenvalue weighted by atomic mass is 10.1. The average molecular weight is 341 g/mol. The Morgan fingerprint density at radius 3 is 2.44 bits per heavy atom. The number of halogens is 1. The molecular weight excluding hydrogens is 321 g/mol. The van der Waals surface area contributed by atoms with Crippen molar-refractivity contribution in [2.45, 2.75) is 26.9 Å². The van der Waals surface area contributed by atoms with Crippen molar-refractivity contribution in [2.24, 2.45) is 0 Å². The fraction of sp³-hybridized carbons (Fsp3) is 0.200. The largest absolute Gasteiger partial charge is 0.449 e. The fourth-order valence-electron chi connectivity index (χ4n) is 2.02. The molecule has 1 atom stereocenters. The van der Waals surface area contributed by atoms with E-state index in [2.05, 4.69) is 5.32 Å². The highest BCUT2D eigenvalue weighted by atomic mass is 19.1. The van der Waals surface area contributed by atoms with Gasteiger partial charge in [-0.3, -0.25) is 4.79 Å². The minimum absolute atomic E-state index is 0.311. The van der Waals surface area contributed by atoms with Crippen molar-refractivity contribution in [3.05, 3.63) is 71.0 Å². The van der Waals surface area contributed by atoms with E-state index in [0.29, 0.717) is 11.3 Å². The highest BCUT2D eigenvalue weighted by Crippen LogP contribution is 2.14. The Morgan fingerprint density at radius 1 is 1.12 bits per heavy atom. The number of aryl methyl sites for hydroxylation is 2. The quantitative estimate of drug-likeness (QED) is 0.660. The van der Waals surface area contributed by atoms with Gasteiger partial charge in [-0.2, -0.15) is 0 Å². The second-order valence-electron chi connectivity index (χ2n) is 5.78. The number of ether oxygens (including phenoxy) is 1. The Hall–Kier alpha value is -2.95. The summed E-state index contributed by atoms with van der Waals surface area (Å²) >= 11 is 0. The summed E-state index contributed by atoms with van der Waals surface area (Å²) in [5, 5.41) is 2.51. The van der Waals surface area contributed by atoms with Crippen molar-refractivity contribution in [1.29, 1.82) is 0 Å². The van der Waals surface area contributed by atoms with E-state index in [4.69, 9.17) is 4.74 Å². The summed E-state index contributed by atoms with van der Waals surface area (Å²) in [7, 11) is 0. The molecule has 0 aliphatic rings. The minimum Gasteiger partial charge on any atom is -0.449 e. The lowest BCUT2D eigenvalue weighted by Gasteiger charge is -2.12. The summed E-state index contributed by atoms with van der Waals surface area (Å²) in [6.45, 7) is 5.06. The van der Waals surface area contributed by atoms with Gasteiger partial charge in [-0.15, -0.1) is 0 Å². The molecule has 2 rings (SSSR count). The number of hydrogen-bond donors (Lipinski definition) is 1. The zero-order valence-corrected chi connectivity index (χ0v) is 14.4. The van der Waals surface area contributed by atoms with E-state index in [0.717, 1.165) is 11.1 Å². The molecule has 0 aliphatic carbocycles. The summed E-state index contributed by atoms with van der Waals surface area (Å²) in [6, 6.07) is 12.0. The molecule has 0 unspecified atom stereocenters. The molecule has 5 heteroatoms. The molecule has 2 aromatic carbocycles. The SMILES string of the molecule is Cc1ccc(/C=C/C(=O)O[C@H](C)C(=O)Nc2ccc(C)c(F)c2)cc1. The molecule has 25 heavy (non-hydrogen) atoms. The smallest absolute Gasteiger partial charge is 0.331 e. The molecule has 0 saturated carbocycles. The summed E-state index contributed by atoms with van der Waals surface area (Å²) in [5.74, 6) is -1.57. The fourth-order valence-corrected chi connectivity index (χ4v) is 2.02. The van der Waals surface area contributed by atoms with Gasteiger partial charge < -0.3 is 10.1 Å². The molecule has 0 aromatic heterocycles. The number of benzene rings is 2. The Morgan fingerprint density at radius 2 is 1.80 bits per heavy atom. The van der Waals surface area contributed by atoms with Crippen LogP contribution in [0, 0.1) is 19.7 Å². The zero-order chi connectivity index (χ0) is 18.4. The van der Waals surface area contributed by atoms with Crippen LogP contribution in [-0.2, 0) is 14.3 Å². The average Bonchev–Trinajstić information content (AvgIpc) is 2.57. The van der Waals surface area contributed by atoms with Gasteiger partial charge in [-0.05, 0) is 50.1 Å². The van der Waals surface area contributed by atoms with Crippen molar-refractivity contribution < 1.29 is 18.7 Å². The van der Waals surface area contributed by atoms with Crippen LogP contribution in [0.1, 0.15) is 23.6 Å². The van der Waals surface area contributed by atoms with E-state index in [9.17, 15) is 14.0 Å². The van der Waals surface area contributed by atoms with E-state index in [-0.39, 0.29) is 0 Å². The Kier molecular flexibility index (Phi) is 6.06. The molecule has 4 nitrogen and oxygen atoms in total.